The molecule has 0 aliphatic rings. The van der Waals surface area contributed by atoms with Gasteiger partial charge in [-0.2, -0.15) is 4.98 Å². The van der Waals surface area contributed by atoms with E-state index < -0.39 is 0 Å². The van der Waals surface area contributed by atoms with Crippen molar-refractivity contribution in [2.24, 2.45) is 0 Å². The Bertz CT molecular complexity index is 1140. The molecular formula is C22H25N5O3S. The Morgan fingerprint density at radius 2 is 2.00 bits per heavy atom. The maximum atomic E-state index is 5.58. The predicted octanol–water partition coefficient (Wildman–Crippen LogP) is 5.13. The summed E-state index contributed by atoms with van der Waals surface area (Å²) in [6.07, 6.45) is 1.66. The van der Waals surface area contributed by atoms with Gasteiger partial charge in [-0.25, -0.2) is 0 Å². The van der Waals surface area contributed by atoms with Crippen LogP contribution >= 0.6 is 11.8 Å². The minimum atomic E-state index is -0.176. The fourth-order valence-electron chi connectivity index (χ4n) is 2.97. The van der Waals surface area contributed by atoms with Crippen LogP contribution in [0.4, 0.5) is 0 Å². The number of furan rings is 1. The predicted molar refractivity (Wildman–Crippen MR) is 117 cm³/mol. The molecule has 4 rings (SSSR count). The van der Waals surface area contributed by atoms with E-state index in [1.807, 2.05) is 47.9 Å². The maximum absolute atomic E-state index is 5.58. The van der Waals surface area contributed by atoms with Gasteiger partial charge in [-0.1, -0.05) is 49.8 Å². The molecule has 0 spiro atoms. The molecule has 0 saturated carbocycles. The Labute approximate surface area is 185 Å². The standard InChI is InChI=1S/C22H25N5O3S/c1-14(19-23-20(26-30-19)22(2,3)4)31-21-25-24-18(15-8-6-9-16(12-15)28-5)27(21)13-17-10-7-11-29-17/h6-12,14H,13H2,1-5H3. The normalized spacial score (nSPS) is 12.8. The van der Waals surface area contributed by atoms with Gasteiger partial charge in [-0.05, 0) is 31.2 Å². The van der Waals surface area contributed by atoms with Gasteiger partial charge in [-0.3, -0.25) is 4.57 Å². The Balaban J connectivity index is 1.66. The maximum Gasteiger partial charge on any atom is 0.239 e. The van der Waals surface area contributed by atoms with Crippen molar-refractivity contribution >= 4 is 11.8 Å². The Kier molecular flexibility index (Phi) is 5.86. The lowest BCUT2D eigenvalue weighted by atomic mass is 9.96. The van der Waals surface area contributed by atoms with Gasteiger partial charge in [-0.15, -0.1) is 10.2 Å². The molecule has 1 aromatic carbocycles. The van der Waals surface area contributed by atoms with E-state index in [9.17, 15) is 0 Å². The van der Waals surface area contributed by atoms with Gasteiger partial charge >= 0.3 is 0 Å². The van der Waals surface area contributed by atoms with Crippen LogP contribution in [-0.4, -0.2) is 32.0 Å². The first-order chi connectivity index (χ1) is 14.8. The molecule has 4 aromatic rings. The number of rotatable bonds is 7. The first kappa shape index (κ1) is 21.2. The van der Waals surface area contributed by atoms with Crippen molar-refractivity contribution < 1.29 is 13.7 Å². The zero-order valence-electron chi connectivity index (χ0n) is 18.2. The molecule has 31 heavy (non-hydrogen) atoms. The average Bonchev–Trinajstić information content (AvgIpc) is 3.50. The first-order valence-corrected chi connectivity index (χ1v) is 10.8. The monoisotopic (exact) mass is 439 g/mol. The van der Waals surface area contributed by atoms with E-state index in [-0.39, 0.29) is 10.7 Å². The van der Waals surface area contributed by atoms with Crippen molar-refractivity contribution in [1.82, 2.24) is 24.9 Å². The van der Waals surface area contributed by atoms with E-state index in [0.717, 1.165) is 28.1 Å². The third-order valence-electron chi connectivity index (χ3n) is 4.68. The molecule has 0 amide bonds. The summed E-state index contributed by atoms with van der Waals surface area (Å²) in [7, 11) is 1.64. The molecule has 162 valence electrons. The molecule has 0 aliphatic carbocycles. The van der Waals surface area contributed by atoms with Crippen LogP contribution in [0.5, 0.6) is 5.75 Å². The molecule has 8 nitrogen and oxygen atoms in total. The lowest BCUT2D eigenvalue weighted by molar-refractivity contribution is 0.364. The van der Waals surface area contributed by atoms with Gasteiger partial charge < -0.3 is 13.7 Å². The second kappa shape index (κ2) is 8.58. The van der Waals surface area contributed by atoms with Crippen LogP contribution in [0.2, 0.25) is 0 Å². The highest BCUT2D eigenvalue weighted by Crippen LogP contribution is 2.36. The van der Waals surface area contributed by atoms with Crippen molar-refractivity contribution in [2.75, 3.05) is 7.11 Å². The first-order valence-electron chi connectivity index (χ1n) is 9.96. The zero-order valence-corrected chi connectivity index (χ0v) is 19.0. The fraction of sp³-hybridized carbons (Fsp3) is 0.364. The highest BCUT2D eigenvalue weighted by atomic mass is 32.2. The Morgan fingerprint density at radius 3 is 2.68 bits per heavy atom. The number of methoxy groups -OCH3 is 1. The molecule has 1 atom stereocenters. The summed E-state index contributed by atoms with van der Waals surface area (Å²) in [4.78, 5) is 4.58. The fourth-order valence-corrected chi connectivity index (χ4v) is 3.85. The van der Waals surface area contributed by atoms with E-state index in [4.69, 9.17) is 13.7 Å². The molecule has 0 fully saturated rings. The molecule has 0 saturated heterocycles. The molecule has 3 aromatic heterocycles. The van der Waals surface area contributed by atoms with Gasteiger partial charge in [0, 0.05) is 11.0 Å². The van der Waals surface area contributed by atoms with Crippen LogP contribution < -0.4 is 4.74 Å². The summed E-state index contributed by atoms with van der Waals surface area (Å²) < 4.78 is 18.5. The number of hydrogen-bond acceptors (Lipinski definition) is 8. The minimum absolute atomic E-state index is 0.0960. The van der Waals surface area contributed by atoms with Gasteiger partial charge in [0.15, 0.2) is 16.8 Å². The second-order valence-electron chi connectivity index (χ2n) is 8.17. The molecular weight excluding hydrogens is 414 g/mol. The van der Waals surface area contributed by atoms with Crippen LogP contribution in [0.3, 0.4) is 0 Å². The van der Waals surface area contributed by atoms with Gasteiger partial charge in [0.2, 0.25) is 5.89 Å². The van der Waals surface area contributed by atoms with Crippen LogP contribution in [0.15, 0.2) is 56.8 Å². The second-order valence-corrected chi connectivity index (χ2v) is 9.48. The summed E-state index contributed by atoms with van der Waals surface area (Å²) in [5.74, 6) is 3.54. The summed E-state index contributed by atoms with van der Waals surface area (Å²) >= 11 is 1.51. The molecule has 3 heterocycles. The minimum Gasteiger partial charge on any atom is -0.497 e. The molecule has 1 unspecified atom stereocenters. The summed E-state index contributed by atoms with van der Waals surface area (Å²) in [6.45, 7) is 8.68. The number of thioether (sulfide) groups is 1. The average molecular weight is 440 g/mol. The molecule has 9 heteroatoms. The van der Waals surface area contributed by atoms with E-state index in [2.05, 4.69) is 41.1 Å². The Morgan fingerprint density at radius 1 is 1.16 bits per heavy atom. The van der Waals surface area contributed by atoms with E-state index >= 15 is 0 Å². The highest BCUT2D eigenvalue weighted by Gasteiger charge is 2.25. The lowest BCUT2D eigenvalue weighted by Gasteiger charge is -2.12. The van der Waals surface area contributed by atoms with Gasteiger partial charge in [0.25, 0.3) is 0 Å². The number of nitrogens with zero attached hydrogens (tertiary/aromatic N) is 5. The van der Waals surface area contributed by atoms with Crippen molar-refractivity contribution in [1.29, 1.82) is 0 Å². The molecule has 0 radical (unpaired) electrons. The quantitative estimate of drug-likeness (QED) is 0.366. The van der Waals surface area contributed by atoms with Crippen molar-refractivity contribution in [3.8, 4) is 17.1 Å². The van der Waals surface area contributed by atoms with Gasteiger partial charge in [0.1, 0.15) is 11.5 Å². The molecule has 0 aliphatic heterocycles. The zero-order chi connectivity index (χ0) is 22.0. The number of benzene rings is 1. The summed E-state index contributed by atoms with van der Waals surface area (Å²) in [5.41, 5.74) is 0.732. The van der Waals surface area contributed by atoms with Crippen LogP contribution in [0, 0.1) is 0 Å². The molecule has 0 N–H and O–H groups in total. The van der Waals surface area contributed by atoms with Crippen LogP contribution in [-0.2, 0) is 12.0 Å². The number of hydrogen-bond donors (Lipinski definition) is 0. The topological polar surface area (TPSA) is 92.0 Å². The van der Waals surface area contributed by atoms with Crippen molar-refractivity contribution in [3.63, 3.8) is 0 Å². The van der Waals surface area contributed by atoms with Gasteiger partial charge in [0.05, 0.1) is 25.2 Å². The van der Waals surface area contributed by atoms with Crippen LogP contribution in [0.1, 0.15) is 50.4 Å². The highest BCUT2D eigenvalue weighted by molar-refractivity contribution is 7.99. The number of ether oxygens (including phenoxy) is 1. The lowest BCUT2D eigenvalue weighted by Crippen LogP contribution is -2.13. The number of aromatic nitrogens is 5. The van der Waals surface area contributed by atoms with Crippen LogP contribution in [0.25, 0.3) is 11.4 Å². The van der Waals surface area contributed by atoms with Crippen molar-refractivity contribution in [3.05, 3.63) is 60.1 Å². The third kappa shape index (κ3) is 4.66. The third-order valence-corrected chi connectivity index (χ3v) is 5.75. The summed E-state index contributed by atoms with van der Waals surface area (Å²) in [6, 6.07) is 11.6. The van der Waals surface area contributed by atoms with E-state index in [0.29, 0.717) is 18.3 Å². The van der Waals surface area contributed by atoms with E-state index in [1.165, 1.54) is 11.8 Å². The SMILES string of the molecule is COc1cccc(-c2nnc(SC(C)c3nc(C(C)(C)C)no3)n2Cc2ccco2)c1. The van der Waals surface area contributed by atoms with E-state index in [1.54, 1.807) is 13.4 Å². The van der Waals surface area contributed by atoms with Crippen molar-refractivity contribution in [2.45, 2.75) is 50.1 Å². The Hall–Kier alpha value is -3.07. The smallest absolute Gasteiger partial charge is 0.239 e. The summed E-state index contributed by atoms with van der Waals surface area (Å²) in [5, 5.41) is 13.7. The molecule has 0 bridgehead atoms. The largest absolute Gasteiger partial charge is 0.497 e.